The van der Waals surface area contributed by atoms with Gasteiger partial charge in [-0.2, -0.15) is 0 Å². The van der Waals surface area contributed by atoms with Crippen LogP contribution in [0.3, 0.4) is 0 Å². The Hall–Kier alpha value is -2.34. The van der Waals surface area contributed by atoms with E-state index in [2.05, 4.69) is 5.32 Å². The van der Waals surface area contributed by atoms with Crippen molar-refractivity contribution in [3.05, 3.63) is 59.7 Å². The highest BCUT2D eigenvalue weighted by Gasteiger charge is 2.12. The maximum atomic E-state index is 12.0. The molecule has 0 aliphatic heterocycles. The van der Waals surface area contributed by atoms with Crippen LogP contribution in [-0.4, -0.2) is 46.1 Å². The van der Waals surface area contributed by atoms with Gasteiger partial charge in [0.05, 0.1) is 10.6 Å². The van der Waals surface area contributed by atoms with Gasteiger partial charge in [0.15, 0.2) is 9.84 Å². The van der Waals surface area contributed by atoms with Crippen LogP contribution in [0.2, 0.25) is 0 Å². The molecular formula is C18H22N2O3S. The van der Waals surface area contributed by atoms with Crippen molar-refractivity contribution in [1.29, 1.82) is 0 Å². The van der Waals surface area contributed by atoms with Gasteiger partial charge < -0.3 is 10.2 Å². The van der Waals surface area contributed by atoms with Gasteiger partial charge in [0.1, 0.15) is 0 Å². The fourth-order valence-electron chi connectivity index (χ4n) is 2.40. The molecule has 5 nitrogen and oxygen atoms in total. The molecule has 0 spiro atoms. The van der Waals surface area contributed by atoms with Gasteiger partial charge in [0, 0.05) is 32.5 Å². The molecule has 1 amide bonds. The van der Waals surface area contributed by atoms with Crippen LogP contribution in [0, 0.1) is 0 Å². The number of hydrogen-bond acceptors (Lipinski definition) is 4. The molecule has 2 rings (SSSR count). The fraction of sp³-hybridized carbons (Fsp3) is 0.278. The number of rotatable bonds is 6. The first kappa shape index (κ1) is 18.0. The average Bonchev–Trinajstić information content (AvgIpc) is 2.54. The summed E-state index contributed by atoms with van der Waals surface area (Å²) in [4.78, 5) is 13.8. The summed E-state index contributed by atoms with van der Waals surface area (Å²) in [6.07, 6.45) is 1.89. The van der Waals surface area contributed by atoms with Crippen LogP contribution in [0.15, 0.2) is 53.4 Å². The van der Waals surface area contributed by atoms with Crippen molar-refractivity contribution in [2.45, 2.75) is 11.3 Å². The van der Waals surface area contributed by atoms with E-state index in [-0.39, 0.29) is 5.91 Å². The summed E-state index contributed by atoms with van der Waals surface area (Å²) in [5, 5.41) is 3.17. The number of nitrogens with one attached hydrogen (secondary N) is 1. The minimum Gasteiger partial charge on any atom is -0.384 e. The first-order valence-corrected chi connectivity index (χ1v) is 9.52. The molecule has 0 unspecified atom stereocenters. The van der Waals surface area contributed by atoms with Gasteiger partial charge in [0.25, 0.3) is 5.91 Å². The van der Waals surface area contributed by atoms with Gasteiger partial charge in [-0.1, -0.05) is 24.3 Å². The topological polar surface area (TPSA) is 66.5 Å². The second kappa shape index (κ2) is 7.49. The predicted octanol–water partition coefficient (Wildman–Crippen LogP) is 2.45. The first-order chi connectivity index (χ1) is 11.3. The summed E-state index contributed by atoms with van der Waals surface area (Å²) < 4.78 is 23.6. The highest BCUT2D eigenvalue weighted by molar-refractivity contribution is 7.90. The van der Waals surface area contributed by atoms with Gasteiger partial charge in [-0.3, -0.25) is 4.79 Å². The van der Waals surface area contributed by atoms with Crippen LogP contribution in [0.4, 0.5) is 5.69 Å². The summed E-state index contributed by atoms with van der Waals surface area (Å²) in [6.45, 7) is 0.576. The number of carbonyl (C=O) groups excluding carboxylic acids is 1. The number of hydrogen-bond donors (Lipinski definition) is 1. The van der Waals surface area contributed by atoms with E-state index in [0.717, 1.165) is 5.56 Å². The minimum absolute atomic E-state index is 0.0350. The van der Waals surface area contributed by atoms with Crippen molar-refractivity contribution in [2.24, 2.45) is 0 Å². The summed E-state index contributed by atoms with van der Waals surface area (Å²) in [5.74, 6) is -0.0350. The lowest BCUT2D eigenvalue weighted by Gasteiger charge is -2.12. The Morgan fingerprint density at radius 3 is 2.46 bits per heavy atom. The molecule has 0 atom stereocenters. The number of nitrogens with zero attached hydrogens (tertiary/aromatic N) is 1. The van der Waals surface area contributed by atoms with E-state index in [0.29, 0.717) is 29.1 Å². The molecule has 24 heavy (non-hydrogen) atoms. The van der Waals surface area contributed by atoms with E-state index in [1.165, 1.54) is 6.26 Å². The van der Waals surface area contributed by atoms with Crippen molar-refractivity contribution in [1.82, 2.24) is 4.90 Å². The van der Waals surface area contributed by atoms with Crippen LogP contribution in [0.1, 0.15) is 15.9 Å². The van der Waals surface area contributed by atoms with Gasteiger partial charge >= 0.3 is 0 Å². The van der Waals surface area contributed by atoms with E-state index in [1.807, 2.05) is 18.2 Å². The Bertz CT molecular complexity index is 830. The van der Waals surface area contributed by atoms with Crippen molar-refractivity contribution in [3.8, 4) is 0 Å². The van der Waals surface area contributed by atoms with Gasteiger partial charge in [-0.25, -0.2) is 8.42 Å². The standard InChI is InChI=1S/C18H22N2O3S/c1-20(2)18(21)15-8-6-7-14(13-15)11-12-19-16-9-4-5-10-17(16)24(3,22)23/h4-10,13,19H,11-12H2,1-3H3. The molecule has 0 radical (unpaired) electrons. The Morgan fingerprint density at radius 2 is 1.79 bits per heavy atom. The molecule has 0 aliphatic carbocycles. The maximum absolute atomic E-state index is 12.0. The van der Waals surface area contributed by atoms with Crippen LogP contribution < -0.4 is 5.32 Å². The van der Waals surface area contributed by atoms with Crippen molar-refractivity contribution in [3.63, 3.8) is 0 Å². The summed E-state index contributed by atoms with van der Waals surface area (Å²) in [7, 11) is 0.173. The molecule has 0 fully saturated rings. The third kappa shape index (κ3) is 4.58. The minimum atomic E-state index is -3.27. The molecule has 0 saturated carbocycles. The van der Waals surface area contributed by atoms with Crippen LogP contribution in [0.5, 0.6) is 0 Å². The van der Waals surface area contributed by atoms with Crippen LogP contribution in [0.25, 0.3) is 0 Å². The molecule has 0 bridgehead atoms. The second-order valence-corrected chi connectivity index (χ2v) is 7.83. The number of benzene rings is 2. The smallest absolute Gasteiger partial charge is 0.253 e. The highest BCUT2D eigenvalue weighted by atomic mass is 32.2. The molecule has 2 aromatic carbocycles. The molecular weight excluding hydrogens is 324 g/mol. The number of amides is 1. The molecule has 1 N–H and O–H groups in total. The first-order valence-electron chi connectivity index (χ1n) is 7.62. The number of para-hydroxylation sites is 1. The Morgan fingerprint density at radius 1 is 1.08 bits per heavy atom. The summed E-state index contributed by atoms with van der Waals surface area (Å²) in [6, 6.07) is 14.3. The van der Waals surface area contributed by atoms with E-state index in [1.54, 1.807) is 49.3 Å². The quantitative estimate of drug-likeness (QED) is 0.872. The van der Waals surface area contributed by atoms with E-state index < -0.39 is 9.84 Å². The Balaban J connectivity index is 2.06. The van der Waals surface area contributed by atoms with E-state index in [4.69, 9.17) is 0 Å². The largest absolute Gasteiger partial charge is 0.384 e. The molecule has 0 aromatic heterocycles. The molecule has 6 heteroatoms. The van der Waals surface area contributed by atoms with Gasteiger partial charge in [-0.15, -0.1) is 0 Å². The third-order valence-corrected chi connectivity index (χ3v) is 4.75. The van der Waals surface area contributed by atoms with Gasteiger partial charge in [0.2, 0.25) is 0 Å². The summed E-state index contributed by atoms with van der Waals surface area (Å²) >= 11 is 0. The lowest BCUT2D eigenvalue weighted by Crippen LogP contribution is -2.21. The Kier molecular flexibility index (Phi) is 5.62. The second-order valence-electron chi connectivity index (χ2n) is 5.85. The molecule has 0 saturated heterocycles. The van der Waals surface area contributed by atoms with Crippen molar-refractivity contribution >= 4 is 21.4 Å². The maximum Gasteiger partial charge on any atom is 0.253 e. The monoisotopic (exact) mass is 346 g/mol. The van der Waals surface area contributed by atoms with Crippen molar-refractivity contribution in [2.75, 3.05) is 32.2 Å². The van der Waals surface area contributed by atoms with Gasteiger partial charge in [-0.05, 0) is 36.2 Å². The Labute approximate surface area is 143 Å². The van der Waals surface area contributed by atoms with Crippen LogP contribution in [-0.2, 0) is 16.3 Å². The average molecular weight is 346 g/mol. The van der Waals surface area contributed by atoms with Crippen molar-refractivity contribution < 1.29 is 13.2 Å². The normalized spacial score (nSPS) is 11.1. The SMILES string of the molecule is CN(C)C(=O)c1cccc(CCNc2ccccc2S(C)(=O)=O)c1. The highest BCUT2D eigenvalue weighted by Crippen LogP contribution is 2.20. The zero-order valence-electron chi connectivity index (χ0n) is 14.1. The van der Waals surface area contributed by atoms with E-state index in [9.17, 15) is 13.2 Å². The van der Waals surface area contributed by atoms with E-state index >= 15 is 0 Å². The third-order valence-electron chi connectivity index (χ3n) is 3.60. The lowest BCUT2D eigenvalue weighted by molar-refractivity contribution is 0.0827. The predicted molar refractivity (Wildman–Crippen MR) is 96.2 cm³/mol. The molecule has 128 valence electrons. The lowest BCUT2D eigenvalue weighted by atomic mass is 10.1. The van der Waals surface area contributed by atoms with Crippen LogP contribution >= 0.6 is 0 Å². The zero-order chi connectivity index (χ0) is 17.7. The zero-order valence-corrected chi connectivity index (χ0v) is 14.9. The molecule has 0 aliphatic rings. The summed E-state index contributed by atoms with van der Waals surface area (Å²) in [5.41, 5.74) is 2.27. The molecule has 0 heterocycles. The number of sulfone groups is 1. The fourth-order valence-corrected chi connectivity index (χ4v) is 3.26. The molecule has 2 aromatic rings. The number of carbonyl (C=O) groups is 1. The number of anilines is 1.